The van der Waals surface area contributed by atoms with Crippen LogP contribution in [0.15, 0.2) is 36.4 Å². The summed E-state index contributed by atoms with van der Waals surface area (Å²) < 4.78 is 10.6. The van der Waals surface area contributed by atoms with Gasteiger partial charge < -0.3 is 9.47 Å². The molecule has 0 aromatic heterocycles. The normalized spacial score (nSPS) is 10.7. The van der Waals surface area contributed by atoms with E-state index in [1.54, 1.807) is 13.8 Å². The van der Waals surface area contributed by atoms with Crippen LogP contribution in [0.1, 0.15) is 19.4 Å². The molecule has 0 aliphatic carbocycles. The van der Waals surface area contributed by atoms with Gasteiger partial charge in [-0.3, -0.25) is 4.79 Å². The Morgan fingerprint density at radius 3 is 2.47 bits per heavy atom. The van der Waals surface area contributed by atoms with Crippen LogP contribution in [-0.4, -0.2) is 12.8 Å². The van der Waals surface area contributed by atoms with Gasteiger partial charge in [0.15, 0.2) is 0 Å². The first-order chi connectivity index (χ1) is 9.09. The second-order valence-electron chi connectivity index (χ2n) is 4.81. The summed E-state index contributed by atoms with van der Waals surface area (Å²) in [6.45, 7) is 5.60. The molecule has 0 amide bonds. The van der Waals surface area contributed by atoms with Gasteiger partial charge in [-0.05, 0) is 23.9 Å². The smallest absolute Gasteiger partial charge is 0.311 e. The Bertz CT molecular complexity index is 588. The van der Waals surface area contributed by atoms with Crippen molar-refractivity contribution in [3.05, 3.63) is 42.0 Å². The number of carbonyl (C=O) groups excluding carboxylic acids is 1. The molecule has 0 saturated carbocycles. The molecule has 0 radical (unpaired) electrons. The fourth-order valence-electron chi connectivity index (χ4n) is 1.87. The van der Waals surface area contributed by atoms with E-state index in [1.165, 1.54) is 5.56 Å². The lowest BCUT2D eigenvalue weighted by molar-refractivity contribution is -0.153. The number of fused-ring (bicyclic) bond motifs is 1. The number of aryl methyl sites for hydroxylation is 1. The summed E-state index contributed by atoms with van der Waals surface area (Å²) in [6, 6.07) is 11.9. The molecule has 3 heteroatoms. The first kappa shape index (κ1) is 13.4. The Hall–Kier alpha value is -2.03. The Morgan fingerprint density at radius 1 is 1.11 bits per heavy atom. The van der Waals surface area contributed by atoms with Crippen molar-refractivity contribution >= 4 is 16.7 Å². The summed E-state index contributed by atoms with van der Waals surface area (Å²) in [5.74, 6) is 0.340. The van der Waals surface area contributed by atoms with Crippen LogP contribution >= 0.6 is 0 Å². The van der Waals surface area contributed by atoms with Gasteiger partial charge in [-0.15, -0.1) is 0 Å². The van der Waals surface area contributed by atoms with Gasteiger partial charge in [0.2, 0.25) is 6.79 Å². The largest absolute Gasteiger partial charge is 0.457 e. The molecule has 0 spiro atoms. The first-order valence-corrected chi connectivity index (χ1v) is 6.37. The monoisotopic (exact) mass is 258 g/mol. The van der Waals surface area contributed by atoms with E-state index in [0.717, 1.165) is 16.5 Å². The van der Waals surface area contributed by atoms with Gasteiger partial charge in [-0.1, -0.05) is 44.2 Å². The average molecular weight is 258 g/mol. The molecule has 2 rings (SSSR count). The van der Waals surface area contributed by atoms with Crippen molar-refractivity contribution in [3.63, 3.8) is 0 Å². The van der Waals surface area contributed by atoms with Crippen molar-refractivity contribution in [1.82, 2.24) is 0 Å². The molecule has 100 valence electrons. The lowest BCUT2D eigenvalue weighted by Gasteiger charge is -2.12. The van der Waals surface area contributed by atoms with Gasteiger partial charge in [-0.25, -0.2) is 0 Å². The molecule has 2 aromatic rings. The highest BCUT2D eigenvalue weighted by Crippen LogP contribution is 2.28. The molecule has 0 bridgehead atoms. The minimum atomic E-state index is -0.253. The van der Waals surface area contributed by atoms with Crippen molar-refractivity contribution < 1.29 is 14.3 Å². The van der Waals surface area contributed by atoms with Crippen molar-refractivity contribution in [2.24, 2.45) is 5.92 Å². The van der Waals surface area contributed by atoms with Gasteiger partial charge in [-0.2, -0.15) is 0 Å². The summed E-state index contributed by atoms with van der Waals surface area (Å²) in [7, 11) is 0. The molecule has 19 heavy (non-hydrogen) atoms. The minimum Gasteiger partial charge on any atom is -0.457 e. The lowest BCUT2D eigenvalue weighted by Crippen LogP contribution is -2.15. The Morgan fingerprint density at radius 2 is 1.79 bits per heavy atom. The van der Waals surface area contributed by atoms with E-state index in [4.69, 9.17) is 9.47 Å². The van der Waals surface area contributed by atoms with Crippen LogP contribution in [0.3, 0.4) is 0 Å². The van der Waals surface area contributed by atoms with E-state index in [0.29, 0.717) is 0 Å². The minimum absolute atomic E-state index is 0.0515. The number of hydrogen-bond donors (Lipinski definition) is 0. The molecule has 2 aromatic carbocycles. The fourth-order valence-corrected chi connectivity index (χ4v) is 1.87. The van der Waals surface area contributed by atoms with Crippen LogP contribution in [0.25, 0.3) is 10.8 Å². The summed E-state index contributed by atoms with van der Waals surface area (Å²) in [6.07, 6.45) is 0. The van der Waals surface area contributed by atoms with Crippen LogP contribution in [0.2, 0.25) is 0 Å². The van der Waals surface area contributed by atoms with Gasteiger partial charge in [0.05, 0.1) is 5.92 Å². The van der Waals surface area contributed by atoms with Gasteiger partial charge >= 0.3 is 5.97 Å². The highest BCUT2D eigenvalue weighted by atomic mass is 16.7. The molecular formula is C16H18O3. The Balaban J connectivity index is 2.13. The maximum atomic E-state index is 11.3. The van der Waals surface area contributed by atoms with E-state index in [-0.39, 0.29) is 18.7 Å². The predicted molar refractivity (Wildman–Crippen MR) is 75.1 cm³/mol. The zero-order valence-electron chi connectivity index (χ0n) is 11.5. The third-order valence-electron chi connectivity index (χ3n) is 2.99. The highest BCUT2D eigenvalue weighted by Gasteiger charge is 2.09. The van der Waals surface area contributed by atoms with Crippen LogP contribution in [-0.2, 0) is 9.53 Å². The van der Waals surface area contributed by atoms with E-state index in [1.807, 2.05) is 30.3 Å². The zero-order chi connectivity index (χ0) is 13.8. The van der Waals surface area contributed by atoms with E-state index < -0.39 is 0 Å². The van der Waals surface area contributed by atoms with Gasteiger partial charge in [0.1, 0.15) is 5.75 Å². The molecule has 0 heterocycles. The van der Waals surface area contributed by atoms with Crippen LogP contribution < -0.4 is 4.74 Å². The third kappa shape index (κ3) is 3.05. The summed E-state index contributed by atoms with van der Waals surface area (Å²) in [4.78, 5) is 11.3. The number of ether oxygens (including phenoxy) is 2. The van der Waals surface area contributed by atoms with Crippen LogP contribution in [0.4, 0.5) is 0 Å². The first-order valence-electron chi connectivity index (χ1n) is 6.37. The molecule has 0 saturated heterocycles. The van der Waals surface area contributed by atoms with E-state index in [2.05, 4.69) is 13.0 Å². The summed E-state index contributed by atoms with van der Waals surface area (Å²) in [5.41, 5.74) is 1.20. The summed E-state index contributed by atoms with van der Waals surface area (Å²) >= 11 is 0. The average Bonchev–Trinajstić information content (AvgIpc) is 2.41. The number of benzene rings is 2. The van der Waals surface area contributed by atoms with Crippen molar-refractivity contribution in [1.29, 1.82) is 0 Å². The second kappa shape index (κ2) is 5.74. The second-order valence-corrected chi connectivity index (χ2v) is 4.81. The molecule has 0 aliphatic rings. The predicted octanol–water partition coefficient (Wildman–Crippen LogP) is 3.68. The van der Waals surface area contributed by atoms with Crippen molar-refractivity contribution in [3.8, 4) is 5.75 Å². The quantitative estimate of drug-likeness (QED) is 0.620. The molecule has 0 fully saturated rings. The topological polar surface area (TPSA) is 35.5 Å². The number of hydrogen-bond acceptors (Lipinski definition) is 3. The van der Waals surface area contributed by atoms with Crippen molar-refractivity contribution in [2.45, 2.75) is 20.8 Å². The Labute approximate surface area is 113 Å². The van der Waals surface area contributed by atoms with E-state index in [9.17, 15) is 4.79 Å². The maximum absolute atomic E-state index is 11.3. The molecule has 0 aliphatic heterocycles. The molecular weight excluding hydrogens is 240 g/mol. The number of carbonyl (C=O) groups is 1. The maximum Gasteiger partial charge on any atom is 0.311 e. The molecule has 0 unspecified atom stereocenters. The van der Waals surface area contributed by atoms with Crippen LogP contribution in [0, 0.1) is 12.8 Å². The number of rotatable bonds is 4. The SMILES string of the molecule is Cc1ccc(OCOC(=O)C(C)C)c2ccccc12. The highest BCUT2D eigenvalue weighted by molar-refractivity contribution is 5.90. The van der Waals surface area contributed by atoms with Gasteiger partial charge in [0, 0.05) is 5.39 Å². The zero-order valence-corrected chi connectivity index (χ0v) is 11.5. The third-order valence-corrected chi connectivity index (χ3v) is 2.99. The fraction of sp³-hybridized carbons (Fsp3) is 0.312. The standard InChI is InChI=1S/C16H18O3/c1-11(2)16(17)19-10-18-15-9-8-12(3)13-6-4-5-7-14(13)15/h4-9,11H,10H2,1-3H3. The van der Waals surface area contributed by atoms with Crippen LogP contribution in [0.5, 0.6) is 5.75 Å². The number of esters is 1. The Kier molecular flexibility index (Phi) is 4.05. The molecule has 0 atom stereocenters. The van der Waals surface area contributed by atoms with E-state index >= 15 is 0 Å². The molecule has 3 nitrogen and oxygen atoms in total. The lowest BCUT2D eigenvalue weighted by atomic mass is 10.1. The molecule has 0 N–H and O–H groups in total. The summed E-state index contributed by atoms with van der Waals surface area (Å²) in [5, 5.41) is 2.18. The van der Waals surface area contributed by atoms with Crippen molar-refractivity contribution in [2.75, 3.05) is 6.79 Å². The van der Waals surface area contributed by atoms with Gasteiger partial charge in [0.25, 0.3) is 0 Å².